The minimum absolute atomic E-state index is 0.0162. The van der Waals surface area contributed by atoms with Crippen LogP contribution in [0.25, 0.3) is 0 Å². The van der Waals surface area contributed by atoms with Crippen LogP contribution in [-0.4, -0.2) is 12.3 Å². The van der Waals surface area contributed by atoms with Crippen molar-refractivity contribution < 1.29 is 4.79 Å². The van der Waals surface area contributed by atoms with Crippen molar-refractivity contribution in [1.29, 1.82) is 0 Å². The van der Waals surface area contributed by atoms with Crippen molar-refractivity contribution in [3.05, 3.63) is 48.0 Å². The molecule has 0 spiro atoms. The summed E-state index contributed by atoms with van der Waals surface area (Å²) in [5.41, 5.74) is 7.00. The molecular weight excluding hydrogens is 162 g/mol. The summed E-state index contributed by atoms with van der Waals surface area (Å²) in [6, 6.07) is 7.47. The van der Waals surface area contributed by atoms with Crippen LogP contribution < -0.4 is 5.73 Å². The number of allylic oxidation sites excluding steroid dienone is 1. The molecule has 68 valence electrons. The first-order chi connectivity index (χ1) is 6.29. The number of benzene rings is 1. The molecule has 0 unspecified atom stereocenters. The topological polar surface area (TPSA) is 43.1 Å². The Morgan fingerprint density at radius 2 is 2.15 bits per heavy atom. The SMILES string of the molecule is C=CCc1ccccc1C(=O)CN. The summed E-state index contributed by atoms with van der Waals surface area (Å²) in [7, 11) is 0. The second kappa shape index (κ2) is 4.58. The summed E-state index contributed by atoms with van der Waals surface area (Å²) >= 11 is 0. The van der Waals surface area contributed by atoms with Crippen molar-refractivity contribution in [3.8, 4) is 0 Å². The molecule has 0 aliphatic rings. The van der Waals surface area contributed by atoms with Crippen LogP contribution in [0.3, 0.4) is 0 Å². The lowest BCUT2D eigenvalue weighted by Crippen LogP contribution is -2.15. The van der Waals surface area contributed by atoms with Gasteiger partial charge in [-0.3, -0.25) is 4.79 Å². The van der Waals surface area contributed by atoms with Gasteiger partial charge in [0.15, 0.2) is 5.78 Å². The number of rotatable bonds is 4. The zero-order valence-electron chi connectivity index (χ0n) is 7.49. The number of hydrogen-bond donors (Lipinski definition) is 1. The molecule has 13 heavy (non-hydrogen) atoms. The quantitative estimate of drug-likeness (QED) is 0.557. The molecule has 0 saturated heterocycles. The molecule has 0 radical (unpaired) electrons. The maximum absolute atomic E-state index is 11.3. The number of ketones is 1. The first kappa shape index (κ1) is 9.68. The van der Waals surface area contributed by atoms with Gasteiger partial charge >= 0.3 is 0 Å². The van der Waals surface area contributed by atoms with Gasteiger partial charge in [0.1, 0.15) is 0 Å². The average Bonchev–Trinajstić information content (AvgIpc) is 2.18. The molecule has 0 saturated carbocycles. The van der Waals surface area contributed by atoms with Gasteiger partial charge in [-0.1, -0.05) is 30.3 Å². The molecule has 0 heterocycles. The van der Waals surface area contributed by atoms with E-state index in [9.17, 15) is 4.79 Å². The van der Waals surface area contributed by atoms with E-state index >= 15 is 0 Å². The lowest BCUT2D eigenvalue weighted by molar-refractivity contribution is 0.100. The van der Waals surface area contributed by atoms with E-state index in [1.807, 2.05) is 18.2 Å². The van der Waals surface area contributed by atoms with Crippen molar-refractivity contribution in [3.63, 3.8) is 0 Å². The Balaban J connectivity index is 3.03. The van der Waals surface area contributed by atoms with Crippen LogP contribution in [0.15, 0.2) is 36.9 Å². The normalized spacial score (nSPS) is 9.62. The van der Waals surface area contributed by atoms with Crippen molar-refractivity contribution in [2.24, 2.45) is 5.73 Å². The summed E-state index contributed by atoms with van der Waals surface area (Å²) in [4.78, 5) is 11.3. The van der Waals surface area contributed by atoms with Gasteiger partial charge in [-0.15, -0.1) is 6.58 Å². The van der Waals surface area contributed by atoms with E-state index < -0.39 is 0 Å². The maximum Gasteiger partial charge on any atom is 0.176 e. The largest absolute Gasteiger partial charge is 0.324 e. The maximum atomic E-state index is 11.3. The molecule has 0 aromatic heterocycles. The van der Waals surface area contributed by atoms with Gasteiger partial charge in [-0.05, 0) is 12.0 Å². The van der Waals surface area contributed by atoms with E-state index in [1.54, 1.807) is 12.1 Å². The summed E-state index contributed by atoms with van der Waals surface area (Å²) < 4.78 is 0. The first-order valence-electron chi connectivity index (χ1n) is 4.21. The highest BCUT2D eigenvalue weighted by atomic mass is 16.1. The Bertz CT molecular complexity index is 318. The monoisotopic (exact) mass is 175 g/mol. The van der Waals surface area contributed by atoms with Gasteiger partial charge in [-0.25, -0.2) is 0 Å². The van der Waals surface area contributed by atoms with Gasteiger partial charge in [0, 0.05) is 5.56 Å². The van der Waals surface area contributed by atoms with Gasteiger partial charge in [0.25, 0.3) is 0 Å². The molecule has 0 aliphatic heterocycles. The summed E-state index contributed by atoms with van der Waals surface area (Å²) in [6.45, 7) is 3.70. The van der Waals surface area contributed by atoms with E-state index in [2.05, 4.69) is 6.58 Å². The zero-order chi connectivity index (χ0) is 9.68. The number of nitrogens with two attached hydrogens (primary N) is 1. The van der Waals surface area contributed by atoms with Gasteiger partial charge in [0.2, 0.25) is 0 Å². The Hall–Kier alpha value is -1.41. The Morgan fingerprint density at radius 3 is 2.77 bits per heavy atom. The van der Waals surface area contributed by atoms with E-state index in [4.69, 9.17) is 5.73 Å². The highest BCUT2D eigenvalue weighted by Gasteiger charge is 2.06. The highest BCUT2D eigenvalue weighted by molar-refractivity contribution is 5.98. The minimum Gasteiger partial charge on any atom is -0.324 e. The fourth-order valence-corrected chi connectivity index (χ4v) is 1.24. The van der Waals surface area contributed by atoms with E-state index in [0.29, 0.717) is 12.0 Å². The van der Waals surface area contributed by atoms with Crippen LogP contribution >= 0.6 is 0 Å². The second-order valence-corrected chi connectivity index (χ2v) is 2.78. The van der Waals surface area contributed by atoms with E-state index in [0.717, 1.165) is 5.56 Å². The number of carbonyl (C=O) groups excluding carboxylic acids is 1. The summed E-state index contributed by atoms with van der Waals surface area (Å²) in [5.74, 6) is -0.0162. The third kappa shape index (κ3) is 2.26. The smallest absolute Gasteiger partial charge is 0.176 e. The van der Waals surface area contributed by atoms with Crippen LogP contribution in [-0.2, 0) is 6.42 Å². The lowest BCUT2D eigenvalue weighted by atomic mass is 10.0. The molecule has 1 aromatic rings. The fraction of sp³-hybridized carbons (Fsp3) is 0.182. The number of carbonyl (C=O) groups is 1. The fourth-order valence-electron chi connectivity index (χ4n) is 1.24. The average molecular weight is 175 g/mol. The minimum atomic E-state index is -0.0162. The molecule has 2 heteroatoms. The second-order valence-electron chi connectivity index (χ2n) is 2.78. The first-order valence-corrected chi connectivity index (χ1v) is 4.21. The summed E-state index contributed by atoms with van der Waals surface area (Å²) in [6.07, 6.45) is 2.49. The van der Waals surface area contributed by atoms with Crippen molar-refractivity contribution in [1.82, 2.24) is 0 Å². The molecule has 1 aromatic carbocycles. The molecule has 0 bridgehead atoms. The molecular formula is C11H13NO. The van der Waals surface area contributed by atoms with Crippen LogP contribution in [0.1, 0.15) is 15.9 Å². The van der Waals surface area contributed by atoms with E-state index in [-0.39, 0.29) is 12.3 Å². The van der Waals surface area contributed by atoms with Gasteiger partial charge in [-0.2, -0.15) is 0 Å². The summed E-state index contributed by atoms with van der Waals surface area (Å²) in [5, 5.41) is 0. The van der Waals surface area contributed by atoms with Crippen LogP contribution in [0.4, 0.5) is 0 Å². The highest BCUT2D eigenvalue weighted by Crippen LogP contribution is 2.10. The number of Topliss-reactive ketones (excluding diaryl/α,β-unsaturated/α-hetero) is 1. The van der Waals surface area contributed by atoms with Crippen LogP contribution in [0, 0.1) is 0 Å². The van der Waals surface area contributed by atoms with Crippen molar-refractivity contribution in [2.45, 2.75) is 6.42 Å². The third-order valence-electron chi connectivity index (χ3n) is 1.87. The predicted molar refractivity (Wildman–Crippen MR) is 53.7 cm³/mol. The molecule has 0 atom stereocenters. The van der Waals surface area contributed by atoms with E-state index in [1.165, 1.54) is 0 Å². The molecule has 2 nitrogen and oxygen atoms in total. The molecule has 0 fully saturated rings. The third-order valence-corrected chi connectivity index (χ3v) is 1.87. The van der Waals surface area contributed by atoms with Crippen LogP contribution in [0.5, 0.6) is 0 Å². The van der Waals surface area contributed by atoms with Gasteiger partial charge in [0.05, 0.1) is 6.54 Å². The molecule has 0 amide bonds. The molecule has 0 aliphatic carbocycles. The number of hydrogen-bond acceptors (Lipinski definition) is 2. The zero-order valence-corrected chi connectivity index (χ0v) is 7.49. The van der Waals surface area contributed by atoms with Crippen LogP contribution in [0.2, 0.25) is 0 Å². The van der Waals surface area contributed by atoms with Gasteiger partial charge < -0.3 is 5.73 Å². The molecule has 2 N–H and O–H groups in total. The Labute approximate surface area is 78.1 Å². The van der Waals surface area contributed by atoms with Crippen molar-refractivity contribution >= 4 is 5.78 Å². The Morgan fingerprint density at radius 1 is 1.46 bits per heavy atom. The molecule has 1 rings (SSSR count). The lowest BCUT2D eigenvalue weighted by Gasteiger charge is -2.04. The standard InChI is InChI=1S/C11H13NO/c1-2-5-9-6-3-4-7-10(9)11(13)8-12/h2-4,6-7H,1,5,8,12H2. The Kier molecular flexibility index (Phi) is 3.41. The predicted octanol–water partition coefficient (Wildman–Crippen LogP) is 1.56. The van der Waals surface area contributed by atoms with Crippen molar-refractivity contribution in [2.75, 3.05) is 6.54 Å².